The van der Waals surface area contributed by atoms with Crippen molar-refractivity contribution >= 4 is 11.9 Å². The number of rotatable bonds is 8. The third kappa shape index (κ3) is 5.10. The number of phenols is 1. The van der Waals surface area contributed by atoms with Crippen LogP contribution in [0.4, 0.5) is 0 Å². The molecule has 2 N–H and O–H groups in total. The summed E-state index contributed by atoms with van der Waals surface area (Å²) in [5, 5.41) is 19.2. The minimum atomic E-state index is -0.898. The summed E-state index contributed by atoms with van der Waals surface area (Å²) >= 11 is 0. The number of hydrogen-bond acceptors (Lipinski definition) is 6. The number of aliphatic hydroxyl groups excluding tert-OH is 1. The van der Waals surface area contributed by atoms with Crippen molar-refractivity contribution in [3.05, 3.63) is 42.0 Å². The molecule has 0 aliphatic carbocycles. The van der Waals surface area contributed by atoms with Gasteiger partial charge in [0.05, 0.1) is 12.0 Å². The first-order valence-electron chi connectivity index (χ1n) is 7.24. The Labute approximate surface area is 135 Å². The molecule has 1 rings (SSSR count). The first kappa shape index (κ1) is 18.7. The second-order valence-corrected chi connectivity index (χ2v) is 5.46. The van der Waals surface area contributed by atoms with Crippen molar-refractivity contribution in [1.29, 1.82) is 0 Å². The molecule has 0 radical (unpaired) electrons. The molecule has 0 bridgehead atoms. The molecule has 1 aromatic carbocycles. The van der Waals surface area contributed by atoms with E-state index in [0.29, 0.717) is 6.42 Å². The van der Waals surface area contributed by atoms with E-state index in [1.807, 2.05) is 0 Å². The maximum absolute atomic E-state index is 12.0. The van der Waals surface area contributed by atoms with E-state index in [9.17, 15) is 19.8 Å². The number of para-hydroxylation sites is 1. The summed E-state index contributed by atoms with van der Waals surface area (Å²) in [4.78, 5) is 23.5. The predicted octanol–water partition coefficient (Wildman–Crippen LogP) is 2.06. The van der Waals surface area contributed by atoms with Crippen molar-refractivity contribution in [2.45, 2.75) is 20.3 Å². The lowest BCUT2D eigenvalue weighted by molar-refractivity contribution is -0.145. The van der Waals surface area contributed by atoms with E-state index in [1.54, 1.807) is 19.1 Å². The van der Waals surface area contributed by atoms with Gasteiger partial charge in [-0.3, -0.25) is 0 Å². The van der Waals surface area contributed by atoms with Gasteiger partial charge in [-0.15, -0.1) is 0 Å². The van der Waals surface area contributed by atoms with Gasteiger partial charge in [0.1, 0.15) is 24.5 Å². The molecule has 0 heterocycles. The lowest BCUT2D eigenvalue weighted by atomic mass is 9.88. The third-order valence-corrected chi connectivity index (χ3v) is 3.58. The van der Waals surface area contributed by atoms with Crippen LogP contribution in [0.3, 0.4) is 0 Å². The van der Waals surface area contributed by atoms with Gasteiger partial charge in [0.2, 0.25) is 0 Å². The summed E-state index contributed by atoms with van der Waals surface area (Å²) in [6.45, 7) is 6.23. The third-order valence-electron chi connectivity index (χ3n) is 3.58. The van der Waals surface area contributed by atoms with Crippen LogP contribution in [-0.4, -0.2) is 42.0 Å². The van der Waals surface area contributed by atoms with Crippen molar-refractivity contribution in [3.63, 3.8) is 0 Å². The van der Waals surface area contributed by atoms with Gasteiger partial charge in [-0.05, 0) is 25.5 Å². The SMILES string of the molecule is C=C(C)C(=O)OCC(CC)(CO)COC(=O)c1ccccc1O. The summed E-state index contributed by atoms with van der Waals surface area (Å²) in [5.74, 6) is -1.46. The fourth-order valence-corrected chi connectivity index (χ4v) is 1.73. The van der Waals surface area contributed by atoms with Gasteiger partial charge >= 0.3 is 11.9 Å². The van der Waals surface area contributed by atoms with E-state index in [-0.39, 0.29) is 36.7 Å². The molecule has 0 fully saturated rings. The van der Waals surface area contributed by atoms with Crippen molar-refractivity contribution < 1.29 is 29.3 Å². The number of esters is 2. The monoisotopic (exact) mass is 322 g/mol. The predicted molar refractivity (Wildman–Crippen MR) is 84.0 cm³/mol. The number of phenolic OH excluding ortho intramolecular Hbond substituents is 1. The molecule has 0 aliphatic rings. The zero-order chi connectivity index (χ0) is 17.5. The van der Waals surface area contributed by atoms with Gasteiger partial charge in [-0.2, -0.15) is 0 Å². The molecule has 0 amide bonds. The van der Waals surface area contributed by atoms with Crippen LogP contribution >= 0.6 is 0 Å². The molecule has 1 atom stereocenters. The van der Waals surface area contributed by atoms with E-state index < -0.39 is 17.4 Å². The number of carbonyl (C=O) groups is 2. The first-order chi connectivity index (χ1) is 10.8. The van der Waals surface area contributed by atoms with Crippen LogP contribution in [0.15, 0.2) is 36.4 Å². The van der Waals surface area contributed by atoms with E-state index in [0.717, 1.165) is 0 Å². The average Bonchev–Trinajstić information content (AvgIpc) is 2.55. The summed E-state index contributed by atoms with van der Waals surface area (Å²) in [6, 6.07) is 6.01. The van der Waals surface area contributed by atoms with Crippen LogP contribution in [0.1, 0.15) is 30.6 Å². The number of ether oxygens (including phenoxy) is 2. The Bertz CT molecular complexity index is 574. The van der Waals surface area contributed by atoms with Crippen LogP contribution in [0, 0.1) is 5.41 Å². The molecular formula is C17H22O6. The van der Waals surface area contributed by atoms with Crippen molar-refractivity contribution in [1.82, 2.24) is 0 Å². The minimum absolute atomic E-state index is 0.0365. The Morgan fingerprint density at radius 1 is 1.22 bits per heavy atom. The number of hydrogen-bond donors (Lipinski definition) is 2. The van der Waals surface area contributed by atoms with Crippen LogP contribution in [0.25, 0.3) is 0 Å². The van der Waals surface area contributed by atoms with Crippen molar-refractivity contribution in [3.8, 4) is 5.75 Å². The maximum Gasteiger partial charge on any atom is 0.341 e. The van der Waals surface area contributed by atoms with E-state index in [1.165, 1.54) is 19.1 Å². The number of aromatic hydroxyl groups is 1. The lowest BCUT2D eigenvalue weighted by Crippen LogP contribution is -2.37. The van der Waals surface area contributed by atoms with Crippen LogP contribution < -0.4 is 0 Å². The summed E-state index contributed by atoms with van der Waals surface area (Å²) < 4.78 is 10.2. The quantitative estimate of drug-likeness (QED) is 0.562. The standard InChI is InChI=1S/C17H22O6/c1-4-17(9-18,10-22-15(20)12(2)3)11-23-16(21)13-7-5-6-8-14(13)19/h5-8,18-19H,2,4,9-11H2,1,3H3. The van der Waals surface area contributed by atoms with Gasteiger partial charge in [-0.25, -0.2) is 9.59 Å². The Balaban J connectivity index is 2.72. The van der Waals surface area contributed by atoms with E-state index >= 15 is 0 Å². The second kappa shape index (κ2) is 8.33. The highest BCUT2D eigenvalue weighted by atomic mass is 16.5. The molecule has 6 nitrogen and oxygen atoms in total. The summed E-state index contributed by atoms with van der Waals surface area (Å²) in [5.41, 5.74) is -0.612. The maximum atomic E-state index is 12.0. The van der Waals surface area contributed by atoms with Gasteiger partial charge in [0, 0.05) is 5.57 Å². The molecule has 0 aromatic heterocycles. The summed E-state index contributed by atoms with van der Waals surface area (Å²) in [6.07, 6.45) is 0.432. The zero-order valence-corrected chi connectivity index (χ0v) is 13.4. The Hall–Kier alpha value is -2.34. The minimum Gasteiger partial charge on any atom is -0.507 e. The normalized spacial score (nSPS) is 13.0. The van der Waals surface area contributed by atoms with Crippen LogP contribution in [0.5, 0.6) is 5.75 Å². The number of carbonyl (C=O) groups excluding carboxylic acids is 2. The molecule has 23 heavy (non-hydrogen) atoms. The van der Waals surface area contributed by atoms with Crippen LogP contribution in [-0.2, 0) is 14.3 Å². The Morgan fingerprint density at radius 3 is 2.35 bits per heavy atom. The zero-order valence-electron chi connectivity index (χ0n) is 13.4. The summed E-state index contributed by atoms with van der Waals surface area (Å²) in [7, 11) is 0. The van der Waals surface area contributed by atoms with Crippen LogP contribution in [0.2, 0.25) is 0 Å². The molecule has 0 spiro atoms. The Kier molecular flexibility index (Phi) is 6.78. The smallest absolute Gasteiger partial charge is 0.341 e. The number of benzene rings is 1. The molecule has 0 aliphatic heterocycles. The van der Waals surface area contributed by atoms with Crippen molar-refractivity contribution in [2.24, 2.45) is 5.41 Å². The fourth-order valence-electron chi connectivity index (χ4n) is 1.73. The fraction of sp³-hybridized carbons (Fsp3) is 0.412. The topological polar surface area (TPSA) is 93.1 Å². The van der Waals surface area contributed by atoms with Gasteiger partial charge in [-0.1, -0.05) is 25.6 Å². The number of aliphatic hydroxyl groups is 1. The van der Waals surface area contributed by atoms with Gasteiger partial charge < -0.3 is 19.7 Å². The van der Waals surface area contributed by atoms with Gasteiger partial charge in [0.15, 0.2) is 0 Å². The van der Waals surface area contributed by atoms with E-state index in [4.69, 9.17) is 9.47 Å². The molecule has 126 valence electrons. The largest absolute Gasteiger partial charge is 0.507 e. The second-order valence-electron chi connectivity index (χ2n) is 5.46. The molecule has 1 unspecified atom stereocenters. The Morgan fingerprint density at radius 2 is 1.83 bits per heavy atom. The molecule has 0 saturated carbocycles. The molecule has 0 saturated heterocycles. The average molecular weight is 322 g/mol. The molecule has 1 aromatic rings. The molecule has 6 heteroatoms. The highest BCUT2D eigenvalue weighted by molar-refractivity contribution is 5.92. The van der Waals surface area contributed by atoms with E-state index in [2.05, 4.69) is 6.58 Å². The van der Waals surface area contributed by atoms with Gasteiger partial charge in [0.25, 0.3) is 0 Å². The van der Waals surface area contributed by atoms with Crippen molar-refractivity contribution in [2.75, 3.05) is 19.8 Å². The highest BCUT2D eigenvalue weighted by Crippen LogP contribution is 2.24. The lowest BCUT2D eigenvalue weighted by Gasteiger charge is -2.29. The highest BCUT2D eigenvalue weighted by Gasteiger charge is 2.32. The first-order valence-corrected chi connectivity index (χ1v) is 7.24. The molecular weight excluding hydrogens is 300 g/mol.